The van der Waals surface area contributed by atoms with Crippen LogP contribution in [0, 0.1) is 15.9 Å². The molecule has 0 aliphatic carbocycles. The summed E-state index contributed by atoms with van der Waals surface area (Å²) in [4.78, 5) is 15.5. The number of rotatable bonds is 6. The molecule has 7 nitrogen and oxygen atoms in total. The van der Waals surface area contributed by atoms with E-state index in [0.29, 0.717) is 11.4 Å². The smallest absolute Gasteiger partial charge is 0.372 e. The Bertz CT molecular complexity index is 879. The number of aliphatic hydroxyl groups is 1. The lowest BCUT2D eigenvalue weighted by Gasteiger charge is -2.23. The standard InChI is InChI=1S/C15H15FN4O3S/c1-2-11(12(21)9-5-3-4-6-10(9)16)17-13-14(20(22)23)19-7-8-24-15(19)18-13/h3-8,11-12,17,21H,2H2,1H3/t11-,12+/m1/s1. The first-order chi connectivity index (χ1) is 11.5. The molecule has 0 aliphatic heterocycles. The number of thiazole rings is 1. The van der Waals surface area contributed by atoms with E-state index in [1.807, 2.05) is 0 Å². The molecule has 0 radical (unpaired) electrons. The average molecular weight is 350 g/mol. The maximum absolute atomic E-state index is 13.9. The van der Waals surface area contributed by atoms with Crippen molar-refractivity contribution >= 4 is 27.9 Å². The molecule has 0 unspecified atom stereocenters. The first-order valence-electron chi connectivity index (χ1n) is 7.32. The topological polar surface area (TPSA) is 92.7 Å². The van der Waals surface area contributed by atoms with Gasteiger partial charge in [0.2, 0.25) is 5.82 Å². The Balaban J connectivity index is 1.93. The number of nitrogens with one attached hydrogen (secondary N) is 1. The van der Waals surface area contributed by atoms with E-state index < -0.39 is 22.9 Å². The van der Waals surface area contributed by atoms with Crippen LogP contribution < -0.4 is 5.32 Å². The first kappa shape index (κ1) is 16.3. The summed E-state index contributed by atoms with van der Waals surface area (Å²) >= 11 is 1.27. The molecule has 24 heavy (non-hydrogen) atoms. The van der Waals surface area contributed by atoms with E-state index in [1.54, 1.807) is 24.6 Å². The van der Waals surface area contributed by atoms with Crippen LogP contribution in [-0.2, 0) is 0 Å². The fourth-order valence-electron chi connectivity index (χ4n) is 2.56. The molecule has 0 aliphatic rings. The normalized spacial score (nSPS) is 13.8. The second-order valence-electron chi connectivity index (χ2n) is 5.22. The number of aromatic nitrogens is 2. The van der Waals surface area contributed by atoms with E-state index in [4.69, 9.17) is 0 Å². The van der Waals surface area contributed by atoms with Gasteiger partial charge in [0, 0.05) is 10.9 Å². The molecular formula is C15H15FN4O3S. The molecule has 0 spiro atoms. The molecule has 0 amide bonds. The van der Waals surface area contributed by atoms with Crippen LogP contribution >= 0.6 is 11.3 Å². The quantitative estimate of drug-likeness (QED) is 0.525. The molecule has 0 saturated heterocycles. The number of halogens is 1. The van der Waals surface area contributed by atoms with Crippen molar-refractivity contribution in [2.24, 2.45) is 0 Å². The van der Waals surface area contributed by atoms with E-state index >= 15 is 0 Å². The summed E-state index contributed by atoms with van der Waals surface area (Å²) in [6, 6.07) is 5.30. The van der Waals surface area contributed by atoms with Gasteiger partial charge in [0.05, 0.1) is 6.04 Å². The lowest BCUT2D eigenvalue weighted by molar-refractivity contribution is -0.389. The van der Waals surface area contributed by atoms with Crippen LogP contribution in [-0.4, -0.2) is 25.5 Å². The Morgan fingerprint density at radius 2 is 2.25 bits per heavy atom. The van der Waals surface area contributed by atoms with Crippen LogP contribution in [0.15, 0.2) is 35.8 Å². The molecule has 126 valence electrons. The van der Waals surface area contributed by atoms with Crippen LogP contribution in [0.25, 0.3) is 4.96 Å². The molecule has 3 aromatic rings. The monoisotopic (exact) mass is 350 g/mol. The molecular weight excluding hydrogens is 335 g/mol. The van der Waals surface area contributed by atoms with Gasteiger partial charge in [-0.05, 0) is 17.4 Å². The second-order valence-corrected chi connectivity index (χ2v) is 6.10. The van der Waals surface area contributed by atoms with Crippen molar-refractivity contribution in [2.45, 2.75) is 25.5 Å². The number of nitro groups is 1. The summed E-state index contributed by atoms with van der Waals surface area (Å²) in [5.41, 5.74) is 0.139. The van der Waals surface area contributed by atoms with Crippen molar-refractivity contribution in [2.75, 3.05) is 5.32 Å². The fraction of sp³-hybridized carbons (Fsp3) is 0.267. The lowest BCUT2D eigenvalue weighted by Crippen LogP contribution is -2.28. The van der Waals surface area contributed by atoms with Crippen molar-refractivity contribution in [1.82, 2.24) is 9.38 Å². The first-order valence-corrected chi connectivity index (χ1v) is 8.19. The van der Waals surface area contributed by atoms with Crippen molar-refractivity contribution < 1.29 is 14.4 Å². The Kier molecular flexibility index (Phi) is 4.45. The highest BCUT2D eigenvalue weighted by Crippen LogP contribution is 2.31. The van der Waals surface area contributed by atoms with Gasteiger partial charge in [-0.15, -0.1) is 0 Å². The zero-order valence-corrected chi connectivity index (χ0v) is 13.5. The molecule has 0 saturated carbocycles. The van der Waals surface area contributed by atoms with Crippen molar-refractivity contribution in [3.63, 3.8) is 0 Å². The number of hydrogen-bond donors (Lipinski definition) is 2. The Hall–Kier alpha value is -2.52. The highest BCUT2D eigenvalue weighted by Gasteiger charge is 2.29. The maximum atomic E-state index is 13.9. The molecule has 0 fully saturated rings. The SMILES string of the molecule is CC[C@@H](Nc1nc2sccn2c1[N+](=O)[O-])[C@@H](O)c1ccccc1F. The largest absolute Gasteiger partial charge is 0.386 e. The maximum Gasteiger partial charge on any atom is 0.372 e. The Morgan fingerprint density at radius 3 is 2.92 bits per heavy atom. The van der Waals surface area contributed by atoms with E-state index in [2.05, 4.69) is 10.3 Å². The van der Waals surface area contributed by atoms with Crippen LogP contribution in [0.4, 0.5) is 16.0 Å². The molecule has 2 atom stereocenters. The third-order valence-electron chi connectivity index (χ3n) is 3.78. The Morgan fingerprint density at radius 1 is 1.50 bits per heavy atom. The van der Waals surface area contributed by atoms with E-state index in [9.17, 15) is 19.6 Å². The summed E-state index contributed by atoms with van der Waals surface area (Å²) in [5, 5.41) is 26.4. The van der Waals surface area contributed by atoms with Crippen molar-refractivity contribution in [1.29, 1.82) is 0 Å². The number of fused-ring (bicyclic) bond motifs is 1. The molecule has 9 heteroatoms. The minimum atomic E-state index is -1.16. The zero-order chi connectivity index (χ0) is 17.3. The number of hydrogen-bond acceptors (Lipinski definition) is 6. The van der Waals surface area contributed by atoms with Gasteiger partial charge in [0.15, 0.2) is 0 Å². The fourth-order valence-corrected chi connectivity index (χ4v) is 3.27. The number of imidazole rings is 1. The average Bonchev–Trinajstić information content (AvgIpc) is 3.12. The Labute approximate surface area is 140 Å². The van der Waals surface area contributed by atoms with Gasteiger partial charge in [-0.1, -0.05) is 36.5 Å². The number of aliphatic hydroxyl groups excluding tert-OH is 1. The molecule has 3 rings (SSSR count). The van der Waals surface area contributed by atoms with Crippen LogP contribution in [0.2, 0.25) is 0 Å². The number of benzene rings is 1. The highest BCUT2D eigenvalue weighted by molar-refractivity contribution is 7.15. The van der Waals surface area contributed by atoms with Gasteiger partial charge in [0.25, 0.3) is 4.96 Å². The van der Waals surface area contributed by atoms with Gasteiger partial charge < -0.3 is 20.5 Å². The predicted octanol–water partition coefficient (Wildman–Crippen LogP) is 3.37. The van der Waals surface area contributed by atoms with Gasteiger partial charge in [0.1, 0.15) is 18.1 Å². The highest BCUT2D eigenvalue weighted by atomic mass is 32.1. The van der Waals surface area contributed by atoms with Crippen molar-refractivity contribution in [3.05, 3.63) is 57.3 Å². The summed E-state index contributed by atoms with van der Waals surface area (Å²) < 4.78 is 15.3. The molecule has 1 aromatic carbocycles. The minimum absolute atomic E-state index is 0.0640. The van der Waals surface area contributed by atoms with Gasteiger partial charge in [-0.25, -0.2) is 4.39 Å². The third kappa shape index (κ3) is 2.83. The summed E-state index contributed by atoms with van der Waals surface area (Å²) in [6.45, 7) is 1.80. The van der Waals surface area contributed by atoms with Crippen LogP contribution in [0.1, 0.15) is 25.0 Å². The van der Waals surface area contributed by atoms with Crippen LogP contribution in [0.5, 0.6) is 0 Å². The van der Waals surface area contributed by atoms with Gasteiger partial charge >= 0.3 is 5.82 Å². The van der Waals surface area contributed by atoms with Gasteiger partial charge in [-0.2, -0.15) is 9.38 Å². The lowest BCUT2D eigenvalue weighted by atomic mass is 10.00. The molecule has 0 bridgehead atoms. The van der Waals surface area contributed by atoms with Crippen molar-refractivity contribution in [3.8, 4) is 0 Å². The predicted molar refractivity (Wildman–Crippen MR) is 88.8 cm³/mol. The van der Waals surface area contributed by atoms with E-state index in [0.717, 1.165) is 0 Å². The van der Waals surface area contributed by atoms with E-state index in [-0.39, 0.29) is 17.2 Å². The van der Waals surface area contributed by atoms with Crippen LogP contribution in [0.3, 0.4) is 0 Å². The minimum Gasteiger partial charge on any atom is -0.386 e. The zero-order valence-electron chi connectivity index (χ0n) is 12.7. The summed E-state index contributed by atoms with van der Waals surface area (Å²) in [5.74, 6) is -0.662. The summed E-state index contributed by atoms with van der Waals surface area (Å²) in [6.07, 6.45) is 0.832. The van der Waals surface area contributed by atoms with E-state index in [1.165, 1.54) is 33.9 Å². The third-order valence-corrected chi connectivity index (χ3v) is 4.53. The number of anilines is 1. The molecule has 2 aromatic heterocycles. The second kappa shape index (κ2) is 6.54. The number of nitrogens with zero attached hydrogens (tertiary/aromatic N) is 3. The molecule has 2 heterocycles. The van der Waals surface area contributed by atoms with Gasteiger partial charge in [-0.3, -0.25) is 0 Å². The molecule has 2 N–H and O–H groups in total. The summed E-state index contributed by atoms with van der Waals surface area (Å²) in [7, 11) is 0.